The van der Waals surface area contributed by atoms with Gasteiger partial charge in [-0.25, -0.2) is 13.1 Å². The Morgan fingerprint density at radius 2 is 1.43 bits per heavy atom. The number of aryl methyl sites for hydroxylation is 2. The monoisotopic (exact) mass is 337 g/mol. The summed E-state index contributed by atoms with van der Waals surface area (Å²) in [6.45, 7) is 10.3. The molecule has 130 valence electrons. The molecule has 23 heavy (non-hydrogen) atoms. The second-order valence-electron chi connectivity index (χ2n) is 8.00. The first kappa shape index (κ1) is 18.5. The van der Waals surface area contributed by atoms with Crippen LogP contribution in [0.4, 0.5) is 0 Å². The quantitative estimate of drug-likeness (QED) is 0.819. The standard InChI is InChI=1S/C19H31NO2S/c1-14-12-16(19(3,4)5)13-15(2)18(14)23(21,22)20-17-10-8-6-7-9-11-17/h12-13,17,20H,6-11H2,1-5H3. The zero-order valence-corrected chi connectivity index (χ0v) is 16.0. The van der Waals surface area contributed by atoms with E-state index in [0.29, 0.717) is 4.90 Å². The number of sulfonamides is 1. The molecule has 0 atom stereocenters. The lowest BCUT2D eigenvalue weighted by atomic mass is 9.85. The molecule has 0 spiro atoms. The zero-order chi connectivity index (χ0) is 17.3. The molecule has 1 aliphatic carbocycles. The Morgan fingerprint density at radius 1 is 0.957 bits per heavy atom. The van der Waals surface area contributed by atoms with Crippen molar-refractivity contribution in [3.8, 4) is 0 Å². The van der Waals surface area contributed by atoms with E-state index in [1.165, 1.54) is 18.4 Å². The third-order valence-corrected chi connectivity index (χ3v) is 6.60. The van der Waals surface area contributed by atoms with E-state index >= 15 is 0 Å². The predicted octanol–water partition coefficient (Wildman–Crippen LogP) is 4.60. The lowest BCUT2D eigenvalue weighted by molar-refractivity contribution is 0.509. The molecule has 0 saturated heterocycles. The van der Waals surface area contributed by atoms with E-state index < -0.39 is 10.0 Å². The summed E-state index contributed by atoms with van der Waals surface area (Å²) in [6, 6.07) is 4.13. The Morgan fingerprint density at radius 3 is 1.87 bits per heavy atom. The first-order valence-corrected chi connectivity index (χ1v) is 10.2. The van der Waals surface area contributed by atoms with E-state index in [9.17, 15) is 8.42 Å². The summed E-state index contributed by atoms with van der Waals surface area (Å²) >= 11 is 0. The lowest BCUT2D eigenvalue weighted by Gasteiger charge is -2.23. The van der Waals surface area contributed by atoms with Gasteiger partial charge in [-0.15, -0.1) is 0 Å². The van der Waals surface area contributed by atoms with Gasteiger partial charge in [0.25, 0.3) is 0 Å². The predicted molar refractivity (Wildman–Crippen MR) is 96.4 cm³/mol. The molecule has 0 radical (unpaired) electrons. The van der Waals surface area contributed by atoms with E-state index in [2.05, 4.69) is 25.5 Å². The van der Waals surface area contributed by atoms with Crippen molar-refractivity contribution in [2.45, 2.75) is 89.5 Å². The van der Waals surface area contributed by atoms with Crippen molar-refractivity contribution in [1.29, 1.82) is 0 Å². The number of benzene rings is 1. The first-order valence-electron chi connectivity index (χ1n) is 8.75. The molecule has 1 N–H and O–H groups in total. The van der Waals surface area contributed by atoms with Gasteiger partial charge in [-0.2, -0.15) is 0 Å². The van der Waals surface area contributed by atoms with Gasteiger partial charge in [0, 0.05) is 6.04 Å². The van der Waals surface area contributed by atoms with Gasteiger partial charge in [0.15, 0.2) is 0 Å². The number of rotatable bonds is 3. The second-order valence-corrected chi connectivity index (χ2v) is 9.65. The van der Waals surface area contributed by atoms with Crippen LogP contribution in [0.5, 0.6) is 0 Å². The largest absolute Gasteiger partial charge is 0.241 e. The Balaban J connectivity index is 2.32. The maximum Gasteiger partial charge on any atom is 0.241 e. The first-order chi connectivity index (χ1) is 10.6. The minimum Gasteiger partial charge on any atom is -0.208 e. The van der Waals surface area contributed by atoms with Gasteiger partial charge in [0.2, 0.25) is 10.0 Å². The van der Waals surface area contributed by atoms with Crippen molar-refractivity contribution in [3.05, 3.63) is 28.8 Å². The van der Waals surface area contributed by atoms with Crippen LogP contribution in [0.1, 0.15) is 76.0 Å². The van der Waals surface area contributed by atoms with Gasteiger partial charge < -0.3 is 0 Å². The summed E-state index contributed by atoms with van der Waals surface area (Å²) in [5, 5.41) is 0. The molecule has 0 heterocycles. The van der Waals surface area contributed by atoms with Crippen LogP contribution in [0.2, 0.25) is 0 Å². The van der Waals surface area contributed by atoms with Gasteiger partial charge >= 0.3 is 0 Å². The fourth-order valence-corrected chi connectivity index (χ4v) is 5.24. The third kappa shape index (κ3) is 4.57. The molecule has 0 amide bonds. The highest BCUT2D eigenvalue weighted by atomic mass is 32.2. The van der Waals surface area contributed by atoms with Gasteiger partial charge in [-0.05, 0) is 48.8 Å². The average molecular weight is 338 g/mol. The second kappa shape index (κ2) is 6.94. The number of hydrogen-bond acceptors (Lipinski definition) is 2. The van der Waals surface area contributed by atoms with E-state index in [0.717, 1.165) is 36.8 Å². The Bertz CT molecular complexity index is 625. The SMILES string of the molecule is Cc1cc(C(C)(C)C)cc(C)c1S(=O)(=O)NC1CCCCCC1. The van der Waals surface area contributed by atoms with Crippen LogP contribution in [0, 0.1) is 13.8 Å². The Hall–Kier alpha value is -0.870. The van der Waals surface area contributed by atoms with Gasteiger partial charge in [-0.3, -0.25) is 0 Å². The summed E-state index contributed by atoms with van der Waals surface area (Å²) in [7, 11) is -3.45. The topological polar surface area (TPSA) is 46.2 Å². The molecule has 0 aliphatic heterocycles. The molecular weight excluding hydrogens is 306 g/mol. The molecular formula is C19H31NO2S. The summed E-state index contributed by atoms with van der Waals surface area (Å²) in [6.07, 6.45) is 6.59. The van der Waals surface area contributed by atoms with Crippen molar-refractivity contribution in [2.24, 2.45) is 0 Å². The summed E-state index contributed by atoms with van der Waals surface area (Å²) in [4.78, 5) is 0.467. The molecule has 4 heteroatoms. The summed E-state index contributed by atoms with van der Waals surface area (Å²) in [5.41, 5.74) is 2.89. The van der Waals surface area contributed by atoms with Crippen LogP contribution in [0.15, 0.2) is 17.0 Å². The van der Waals surface area contributed by atoms with Gasteiger partial charge in [0.05, 0.1) is 4.90 Å². The molecule has 0 unspecified atom stereocenters. The van der Waals surface area contributed by atoms with Crippen LogP contribution in [-0.4, -0.2) is 14.5 Å². The third-order valence-electron chi connectivity index (χ3n) is 4.77. The molecule has 3 nitrogen and oxygen atoms in total. The number of nitrogens with one attached hydrogen (secondary N) is 1. The van der Waals surface area contributed by atoms with Crippen LogP contribution in [0.3, 0.4) is 0 Å². The average Bonchev–Trinajstić information content (AvgIpc) is 2.64. The maximum atomic E-state index is 12.9. The zero-order valence-electron chi connectivity index (χ0n) is 15.2. The molecule has 1 aromatic carbocycles. The van der Waals surface area contributed by atoms with Crippen LogP contribution >= 0.6 is 0 Å². The van der Waals surface area contributed by atoms with E-state index in [1.807, 2.05) is 26.0 Å². The van der Waals surface area contributed by atoms with Gasteiger partial charge in [-0.1, -0.05) is 58.6 Å². The minimum atomic E-state index is -3.45. The highest BCUT2D eigenvalue weighted by Crippen LogP contribution is 2.29. The summed E-state index contributed by atoms with van der Waals surface area (Å²) in [5.74, 6) is 0. The normalized spacial score (nSPS) is 18.0. The fraction of sp³-hybridized carbons (Fsp3) is 0.684. The van der Waals surface area contributed by atoms with Crippen LogP contribution < -0.4 is 4.72 Å². The summed E-state index contributed by atoms with van der Waals surface area (Å²) < 4.78 is 28.8. The molecule has 1 aliphatic rings. The van der Waals surface area contributed by atoms with Crippen molar-refractivity contribution in [3.63, 3.8) is 0 Å². The van der Waals surface area contributed by atoms with Crippen LogP contribution in [0.25, 0.3) is 0 Å². The van der Waals surface area contributed by atoms with Gasteiger partial charge in [0.1, 0.15) is 0 Å². The minimum absolute atomic E-state index is 0.0204. The molecule has 0 bridgehead atoms. The molecule has 1 fully saturated rings. The smallest absolute Gasteiger partial charge is 0.208 e. The molecule has 2 rings (SSSR count). The van der Waals surface area contributed by atoms with E-state index in [1.54, 1.807) is 0 Å². The Kier molecular flexibility index (Phi) is 5.57. The highest BCUT2D eigenvalue weighted by Gasteiger charge is 2.26. The van der Waals surface area contributed by atoms with Crippen molar-refractivity contribution >= 4 is 10.0 Å². The molecule has 1 aromatic rings. The fourth-order valence-electron chi connectivity index (χ4n) is 3.48. The molecule has 0 aromatic heterocycles. The van der Waals surface area contributed by atoms with Crippen LogP contribution in [-0.2, 0) is 15.4 Å². The van der Waals surface area contributed by atoms with Crippen molar-refractivity contribution < 1.29 is 8.42 Å². The number of hydrogen-bond donors (Lipinski definition) is 1. The maximum absolute atomic E-state index is 12.9. The Labute approximate surface area is 141 Å². The van der Waals surface area contributed by atoms with E-state index in [-0.39, 0.29) is 11.5 Å². The van der Waals surface area contributed by atoms with E-state index in [4.69, 9.17) is 0 Å². The van der Waals surface area contributed by atoms with Crippen molar-refractivity contribution in [1.82, 2.24) is 4.72 Å². The lowest BCUT2D eigenvalue weighted by Crippen LogP contribution is -2.35. The highest BCUT2D eigenvalue weighted by molar-refractivity contribution is 7.89. The van der Waals surface area contributed by atoms with Crippen molar-refractivity contribution in [2.75, 3.05) is 0 Å². The molecule has 1 saturated carbocycles.